The molecular weight excluding hydrogens is 456 g/mol. The number of aromatic nitrogens is 2. The third-order valence-corrected chi connectivity index (χ3v) is 7.04. The molecule has 0 spiro atoms. The molecule has 3 aromatic rings. The molecule has 0 saturated carbocycles. The van der Waals surface area contributed by atoms with Crippen LogP contribution in [0, 0.1) is 0 Å². The van der Waals surface area contributed by atoms with E-state index in [4.69, 9.17) is 25.2 Å². The molecule has 2 aliphatic heterocycles. The van der Waals surface area contributed by atoms with Crippen LogP contribution >= 0.6 is 0 Å². The number of nitrogens with zero attached hydrogens (tertiary/aromatic N) is 3. The van der Waals surface area contributed by atoms with Gasteiger partial charge in [-0.3, -0.25) is 4.79 Å². The van der Waals surface area contributed by atoms with Crippen molar-refractivity contribution in [3.63, 3.8) is 0 Å². The Kier molecular flexibility index (Phi) is 7.48. The number of piperidine rings is 1. The number of nitrogens with two attached hydrogens (primary N) is 1. The van der Waals surface area contributed by atoms with Crippen molar-refractivity contribution in [1.29, 1.82) is 0 Å². The highest BCUT2D eigenvalue weighted by Crippen LogP contribution is 2.32. The van der Waals surface area contributed by atoms with Crippen LogP contribution < -0.4 is 21.3 Å². The van der Waals surface area contributed by atoms with Gasteiger partial charge in [0.2, 0.25) is 11.9 Å². The topological polar surface area (TPSA) is 115 Å². The summed E-state index contributed by atoms with van der Waals surface area (Å²) in [5.41, 5.74) is 6.88. The predicted octanol–water partition coefficient (Wildman–Crippen LogP) is 3.17. The van der Waals surface area contributed by atoms with Crippen molar-refractivity contribution in [2.45, 2.75) is 37.3 Å². The second-order valence-corrected chi connectivity index (χ2v) is 9.42. The van der Waals surface area contributed by atoms with Crippen LogP contribution in [0.1, 0.15) is 25.7 Å². The summed E-state index contributed by atoms with van der Waals surface area (Å²) in [5, 5.41) is 7.73. The molecule has 1 amide bonds. The number of primary amides is 1. The third kappa shape index (κ3) is 5.52. The average Bonchev–Trinajstić information content (AvgIpc) is 2.92. The van der Waals surface area contributed by atoms with Crippen molar-refractivity contribution in [2.75, 3.05) is 55.0 Å². The molecule has 190 valence electrons. The molecule has 4 N–H and O–H groups in total. The lowest BCUT2D eigenvalue weighted by molar-refractivity contribution is -0.122. The lowest BCUT2D eigenvalue weighted by Gasteiger charge is -2.41. The maximum Gasteiger partial charge on any atom is 0.243 e. The van der Waals surface area contributed by atoms with E-state index in [2.05, 4.69) is 15.5 Å². The first-order valence-corrected chi connectivity index (χ1v) is 12.7. The Balaban J connectivity index is 1.28. The summed E-state index contributed by atoms with van der Waals surface area (Å²) in [6.45, 7) is 4.05. The molecule has 9 heteroatoms. The fourth-order valence-electron chi connectivity index (χ4n) is 4.94. The summed E-state index contributed by atoms with van der Waals surface area (Å²) in [6.07, 6.45) is 3.31. The quantitative estimate of drug-likeness (QED) is 0.392. The van der Waals surface area contributed by atoms with Crippen LogP contribution in [0.15, 0.2) is 54.6 Å². The number of benzene rings is 2. The highest BCUT2D eigenvalue weighted by Gasteiger charge is 2.40. The predicted molar refractivity (Wildman–Crippen MR) is 141 cm³/mol. The van der Waals surface area contributed by atoms with Crippen LogP contribution in [0.3, 0.4) is 0 Å². The standard InChI is InChI=1S/C27H34N6O3/c28-25(34)27(32-20-6-2-1-3-7-20)12-15-33(16-13-27)24-22-8-4-5-9-23(22)30-26(31-24)29-14-19-36-21-10-17-35-18-11-21/h1-9,21,32H,10-19H2,(H2,28,34)(H,29,30,31). The average molecular weight is 491 g/mol. The number of hydrogen-bond acceptors (Lipinski definition) is 8. The molecular formula is C27H34N6O3. The number of hydrogen-bond donors (Lipinski definition) is 3. The summed E-state index contributed by atoms with van der Waals surface area (Å²) in [6, 6.07) is 17.8. The molecule has 2 aliphatic rings. The maximum absolute atomic E-state index is 12.5. The molecule has 36 heavy (non-hydrogen) atoms. The highest BCUT2D eigenvalue weighted by atomic mass is 16.5. The second kappa shape index (κ2) is 11.1. The van der Waals surface area contributed by atoms with E-state index in [0.717, 1.165) is 48.5 Å². The van der Waals surface area contributed by atoms with E-state index >= 15 is 0 Å². The SMILES string of the molecule is NC(=O)C1(Nc2ccccc2)CCN(c2nc(NCCOC3CCOCC3)nc3ccccc23)CC1. The van der Waals surface area contributed by atoms with Crippen molar-refractivity contribution < 1.29 is 14.3 Å². The van der Waals surface area contributed by atoms with E-state index in [1.165, 1.54) is 0 Å². The maximum atomic E-state index is 12.5. The number of carbonyl (C=O) groups excluding carboxylic acids is 1. The van der Waals surface area contributed by atoms with Crippen LogP contribution in [0.25, 0.3) is 10.9 Å². The summed E-state index contributed by atoms with van der Waals surface area (Å²) in [7, 11) is 0. The zero-order chi connectivity index (χ0) is 24.8. The number of para-hydroxylation sites is 2. The normalized spacial score (nSPS) is 18.2. The smallest absolute Gasteiger partial charge is 0.243 e. The minimum Gasteiger partial charge on any atom is -0.381 e. The first-order valence-electron chi connectivity index (χ1n) is 12.7. The van der Waals surface area contributed by atoms with E-state index in [-0.39, 0.29) is 12.0 Å². The zero-order valence-corrected chi connectivity index (χ0v) is 20.5. The number of nitrogens with one attached hydrogen (secondary N) is 2. The summed E-state index contributed by atoms with van der Waals surface area (Å²) < 4.78 is 11.4. The first-order chi connectivity index (χ1) is 17.6. The summed E-state index contributed by atoms with van der Waals surface area (Å²) >= 11 is 0. The Bertz CT molecular complexity index is 1160. The van der Waals surface area contributed by atoms with Crippen LogP contribution in [0.4, 0.5) is 17.5 Å². The van der Waals surface area contributed by atoms with Gasteiger partial charge in [-0.25, -0.2) is 4.98 Å². The Hall–Kier alpha value is -3.43. The molecule has 2 aromatic carbocycles. The van der Waals surface area contributed by atoms with Gasteiger partial charge in [0.15, 0.2) is 0 Å². The van der Waals surface area contributed by atoms with Gasteiger partial charge in [0.25, 0.3) is 0 Å². The number of carbonyl (C=O) groups is 1. The van der Waals surface area contributed by atoms with Crippen LogP contribution in [-0.4, -0.2) is 67.0 Å². The molecule has 0 radical (unpaired) electrons. The molecule has 3 heterocycles. The van der Waals surface area contributed by atoms with Crippen molar-refractivity contribution in [3.05, 3.63) is 54.6 Å². The second-order valence-electron chi connectivity index (χ2n) is 9.42. The molecule has 9 nitrogen and oxygen atoms in total. The molecule has 0 unspecified atom stereocenters. The number of anilines is 3. The van der Waals surface area contributed by atoms with Crippen LogP contribution in [0.5, 0.6) is 0 Å². The van der Waals surface area contributed by atoms with Crippen molar-refractivity contribution >= 4 is 34.3 Å². The van der Waals surface area contributed by atoms with Crippen molar-refractivity contribution in [1.82, 2.24) is 9.97 Å². The minimum absolute atomic E-state index is 0.261. The number of ether oxygens (including phenoxy) is 2. The van der Waals surface area contributed by atoms with Crippen molar-refractivity contribution in [3.8, 4) is 0 Å². The number of rotatable bonds is 9. The van der Waals surface area contributed by atoms with Crippen LogP contribution in [0.2, 0.25) is 0 Å². The first kappa shape index (κ1) is 24.3. The minimum atomic E-state index is -0.788. The van der Waals surface area contributed by atoms with Gasteiger partial charge in [0, 0.05) is 43.9 Å². The molecule has 1 aromatic heterocycles. The number of fused-ring (bicyclic) bond motifs is 1. The van der Waals surface area contributed by atoms with Gasteiger partial charge in [-0.2, -0.15) is 4.98 Å². The third-order valence-electron chi connectivity index (χ3n) is 7.04. The molecule has 0 aliphatic carbocycles. The largest absolute Gasteiger partial charge is 0.381 e. The highest BCUT2D eigenvalue weighted by molar-refractivity contribution is 5.91. The lowest BCUT2D eigenvalue weighted by Crippen LogP contribution is -2.57. The van der Waals surface area contributed by atoms with E-state index in [0.29, 0.717) is 45.0 Å². The Morgan fingerprint density at radius 1 is 1.06 bits per heavy atom. The van der Waals surface area contributed by atoms with Crippen molar-refractivity contribution in [2.24, 2.45) is 5.73 Å². The van der Waals surface area contributed by atoms with E-state index in [1.807, 2.05) is 54.6 Å². The molecule has 0 bridgehead atoms. The van der Waals surface area contributed by atoms with Gasteiger partial charge in [-0.15, -0.1) is 0 Å². The van der Waals surface area contributed by atoms with Gasteiger partial charge in [-0.05, 0) is 49.9 Å². The van der Waals surface area contributed by atoms with Gasteiger partial charge in [-0.1, -0.05) is 30.3 Å². The lowest BCUT2D eigenvalue weighted by atomic mass is 9.86. The summed E-state index contributed by atoms with van der Waals surface area (Å²) in [5.74, 6) is 1.12. The molecule has 5 rings (SSSR count). The molecule has 0 atom stereocenters. The number of amides is 1. The zero-order valence-electron chi connectivity index (χ0n) is 20.5. The fourth-order valence-corrected chi connectivity index (χ4v) is 4.94. The van der Waals surface area contributed by atoms with Crippen LogP contribution in [-0.2, 0) is 14.3 Å². The Morgan fingerprint density at radius 2 is 1.78 bits per heavy atom. The Morgan fingerprint density at radius 3 is 2.53 bits per heavy atom. The summed E-state index contributed by atoms with van der Waals surface area (Å²) in [4.78, 5) is 24.4. The van der Waals surface area contributed by atoms with Gasteiger partial charge in [0.05, 0.1) is 18.2 Å². The van der Waals surface area contributed by atoms with Gasteiger partial charge < -0.3 is 30.7 Å². The monoisotopic (exact) mass is 490 g/mol. The molecule has 2 fully saturated rings. The van der Waals surface area contributed by atoms with E-state index in [1.54, 1.807) is 0 Å². The van der Waals surface area contributed by atoms with Gasteiger partial charge in [0.1, 0.15) is 11.4 Å². The van der Waals surface area contributed by atoms with E-state index in [9.17, 15) is 4.79 Å². The fraction of sp³-hybridized carbons (Fsp3) is 0.444. The van der Waals surface area contributed by atoms with Gasteiger partial charge >= 0.3 is 0 Å². The Labute approximate surface area is 211 Å². The van der Waals surface area contributed by atoms with E-state index < -0.39 is 5.54 Å². The molecule has 2 saturated heterocycles.